The summed E-state index contributed by atoms with van der Waals surface area (Å²) in [5.41, 5.74) is 6.43. The molecule has 0 heterocycles. The summed E-state index contributed by atoms with van der Waals surface area (Å²) in [7, 11) is 0. The molecule has 0 spiro atoms. The number of ether oxygens (including phenoxy) is 1. The number of primary amides is 1. The molecule has 6 heteroatoms. The molecule has 5 nitrogen and oxygen atoms in total. The number of hydrogen-bond acceptors (Lipinski definition) is 3. The Hall–Kier alpha value is -2.79. The average Bonchev–Trinajstić information content (AvgIpc) is 2.52. The first kappa shape index (κ1) is 16.6. The van der Waals surface area contributed by atoms with Crippen LogP contribution in [0.15, 0.2) is 54.6 Å². The lowest BCUT2D eigenvalue weighted by atomic mass is 10.2. The molecule has 2 aromatic rings. The van der Waals surface area contributed by atoms with E-state index >= 15 is 0 Å². The van der Waals surface area contributed by atoms with Crippen molar-refractivity contribution in [3.8, 4) is 5.75 Å². The predicted octanol–water partition coefficient (Wildman–Crippen LogP) is 2.86. The Morgan fingerprint density at radius 2 is 1.91 bits per heavy atom. The first-order chi connectivity index (χ1) is 11.0. The zero-order valence-corrected chi connectivity index (χ0v) is 12.9. The molecule has 118 valence electrons. The largest absolute Gasteiger partial charge is 0.484 e. The fourth-order valence-electron chi connectivity index (χ4n) is 1.76. The van der Waals surface area contributed by atoms with Crippen molar-refractivity contribution in [2.75, 3.05) is 11.9 Å². The average molecular weight is 331 g/mol. The Kier molecular flexibility index (Phi) is 5.77. The topological polar surface area (TPSA) is 81.4 Å². The number of nitrogens with two attached hydrogens (primary N) is 1. The van der Waals surface area contributed by atoms with Crippen LogP contribution < -0.4 is 15.8 Å². The third-order valence-electron chi connectivity index (χ3n) is 2.78. The van der Waals surface area contributed by atoms with Crippen LogP contribution in [0.3, 0.4) is 0 Å². The highest BCUT2D eigenvalue weighted by Gasteiger charge is 2.00. The summed E-state index contributed by atoms with van der Waals surface area (Å²) in [6.45, 7) is -0.186. The van der Waals surface area contributed by atoms with E-state index in [0.717, 1.165) is 5.56 Å². The fraction of sp³-hybridized carbons (Fsp3) is 0.0588. The molecular weight excluding hydrogens is 316 g/mol. The molecule has 0 radical (unpaired) electrons. The van der Waals surface area contributed by atoms with Gasteiger partial charge in [-0.1, -0.05) is 23.7 Å². The highest BCUT2D eigenvalue weighted by atomic mass is 35.5. The maximum absolute atomic E-state index is 11.8. The highest BCUT2D eigenvalue weighted by molar-refractivity contribution is 6.30. The van der Waals surface area contributed by atoms with Gasteiger partial charge in [-0.25, -0.2) is 0 Å². The van der Waals surface area contributed by atoms with Crippen LogP contribution in [-0.2, 0) is 9.59 Å². The van der Waals surface area contributed by atoms with Gasteiger partial charge in [0.2, 0.25) is 5.91 Å². The highest BCUT2D eigenvalue weighted by Crippen LogP contribution is 2.16. The molecule has 0 atom stereocenters. The van der Waals surface area contributed by atoms with E-state index in [0.29, 0.717) is 16.5 Å². The second-order valence-corrected chi connectivity index (χ2v) is 5.09. The van der Waals surface area contributed by atoms with Crippen molar-refractivity contribution in [1.29, 1.82) is 0 Å². The molecule has 0 unspecified atom stereocenters. The number of rotatable bonds is 6. The van der Waals surface area contributed by atoms with Gasteiger partial charge in [0, 0.05) is 16.8 Å². The molecular formula is C17H15ClN2O3. The van der Waals surface area contributed by atoms with Gasteiger partial charge in [0.1, 0.15) is 5.75 Å². The van der Waals surface area contributed by atoms with Gasteiger partial charge in [-0.05, 0) is 48.0 Å². The molecule has 23 heavy (non-hydrogen) atoms. The van der Waals surface area contributed by atoms with E-state index in [1.807, 2.05) is 12.1 Å². The van der Waals surface area contributed by atoms with Crippen molar-refractivity contribution >= 4 is 35.2 Å². The molecule has 2 rings (SSSR count). The Bertz CT molecular complexity index is 727. The van der Waals surface area contributed by atoms with Gasteiger partial charge in [-0.2, -0.15) is 0 Å². The summed E-state index contributed by atoms with van der Waals surface area (Å²) in [6, 6.07) is 13.8. The van der Waals surface area contributed by atoms with Gasteiger partial charge in [0.25, 0.3) is 5.91 Å². The number of halogens is 1. The van der Waals surface area contributed by atoms with Gasteiger partial charge in [0.05, 0.1) is 0 Å². The van der Waals surface area contributed by atoms with Crippen molar-refractivity contribution in [1.82, 2.24) is 0 Å². The van der Waals surface area contributed by atoms with Gasteiger partial charge in [-0.15, -0.1) is 0 Å². The minimum absolute atomic E-state index is 0.186. The summed E-state index contributed by atoms with van der Waals surface area (Å²) in [5, 5.41) is 3.32. The summed E-state index contributed by atoms with van der Waals surface area (Å²) in [5.74, 6) is -0.319. The third-order valence-corrected chi connectivity index (χ3v) is 3.01. The number of benzene rings is 2. The molecule has 0 aliphatic carbocycles. The van der Waals surface area contributed by atoms with Crippen molar-refractivity contribution in [2.45, 2.75) is 0 Å². The number of carbonyl (C=O) groups excluding carboxylic acids is 2. The zero-order chi connectivity index (χ0) is 16.7. The first-order valence-electron chi connectivity index (χ1n) is 6.79. The second-order valence-electron chi connectivity index (χ2n) is 4.66. The number of hydrogen-bond donors (Lipinski definition) is 2. The molecule has 0 saturated carbocycles. The second kappa shape index (κ2) is 8.00. The van der Waals surface area contributed by atoms with E-state index in [2.05, 4.69) is 5.32 Å². The third kappa shape index (κ3) is 5.84. The monoisotopic (exact) mass is 330 g/mol. The SMILES string of the molecule is NC(=O)COc1ccc(NC(=O)/C=C/c2cccc(Cl)c2)cc1. The summed E-state index contributed by atoms with van der Waals surface area (Å²) >= 11 is 5.87. The summed E-state index contributed by atoms with van der Waals surface area (Å²) in [6.07, 6.45) is 3.09. The van der Waals surface area contributed by atoms with E-state index in [4.69, 9.17) is 22.1 Å². The van der Waals surface area contributed by atoms with Gasteiger partial charge in [0.15, 0.2) is 6.61 Å². The van der Waals surface area contributed by atoms with Crippen LogP contribution >= 0.6 is 11.6 Å². The molecule has 0 bridgehead atoms. The smallest absolute Gasteiger partial charge is 0.255 e. The van der Waals surface area contributed by atoms with Crippen LogP contribution in [0.2, 0.25) is 5.02 Å². The Balaban J connectivity index is 1.91. The molecule has 0 aromatic heterocycles. The molecule has 0 saturated heterocycles. The first-order valence-corrected chi connectivity index (χ1v) is 7.16. The summed E-state index contributed by atoms with van der Waals surface area (Å²) < 4.78 is 5.13. The number of carbonyl (C=O) groups is 2. The van der Waals surface area contributed by atoms with Gasteiger partial charge >= 0.3 is 0 Å². The fourth-order valence-corrected chi connectivity index (χ4v) is 1.95. The minimum atomic E-state index is -0.548. The molecule has 0 aliphatic heterocycles. The molecule has 3 N–H and O–H groups in total. The molecule has 0 fully saturated rings. The van der Waals surface area contributed by atoms with Crippen molar-refractivity contribution in [3.05, 3.63) is 65.2 Å². The maximum Gasteiger partial charge on any atom is 0.255 e. The van der Waals surface area contributed by atoms with E-state index in [9.17, 15) is 9.59 Å². The Morgan fingerprint density at radius 1 is 1.17 bits per heavy atom. The number of anilines is 1. The van der Waals surface area contributed by atoms with Crippen LogP contribution in [0.4, 0.5) is 5.69 Å². The van der Waals surface area contributed by atoms with E-state index in [-0.39, 0.29) is 12.5 Å². The quantitative estimate of drug-likeness (QED) is 0.799. The van der Waals surface area contributed by atoms with Crippen LogP contribution in [0, 0.1) is 0 Å². The molecule has 2 aromatic carbocycles. The lowest BCUT2D eigenvalue weighted by Gasteiger charge is -2.05. The van der Waals surface area contributed by atoms with Gasteiger partial charge < -0.3 is 15.8 Å². The van der Waals surface area contributed by atoms with Gasteiger partial charge in [-0.3, -0.25) is 9.59 Å². The normalized spacial score (nSPS) is 10.5. The van der Waals surface area contributed by atoms with E-state index in [1.54, 1.807) is 42.5 Å². The predicted molar refractivity (Wildman–Crippen MR) is 90.2 cm³/mol. The Morgan fingerprint density at radius 3 is 2.57 bits per heavy atom. The van der Waals surface area contributed by atoms with Crippen LogP contribution in [0.5, 0.6) is 5.75 Å². The van der Waals surface area contributed by atoms with Crippen LogP contribution in [0.1, 0.15) is 5.56 Å². The number of amides is 2. The lowest BCUT2D eigenvalue weighted by Crippen LogP contribution is -2.20. The lowest BCUT2D eigenvalue weighted by molar-refractivity contribution is -0.120. The van der Waals surface area contributed by atoms with Crippen LogP contribution in [0.25, 0.3) is 6.08 Å². The summed E-state index contributed by atoms with van der Waals surface area (Å²) in [4.78, 5) is 22.5. The van der Waals surface area contributed by atoms with Crippen molar-refractivity contribution in [2.24, 2.45) is 5.73 Å². The van der Waals surface area contributed by atoms with Crippen molar-refractivity contribution < 1.29 is 14.3 Å². The standard InChI is InChI=1S/C17H15ClN2O3/c18-13-3-1-2-12(10-13)4-9-17(22)20-14-5-7-15(8-6-14)23-11-16(19)21/h1-10H,11H2,(H2,19,21)(H,20,22)/b9-4+. The minimum Gasteiger partial charge on any atom is -0.484 e. The maximum atomic E-state index is 11.8. The Labute approximate surface area is 138 Å². The van der Waals surface area contributed by atoms with Crippen LogP contribution in [-0.4, -0.2) is 18.4 Å². The van der Waals surface area contributed by atoms with E-state index in [1.165, 1.54) is 6.08 Å². The zero-order valence-electron chi connectivity index (χ0n) is 12.2. The number of nitrogens with one attached hydrogen (secondary N) is 1. The van der Waals surface area contributed by atoms with Crippen molar-refractivity contribution in [3.63, 3.8) is 0 Å². The molecule has 2 amide bonds. The van der Waals surface area contributed by atoms with E-state index < -0.39 is 5.91 Å². The molecule has 0 aliphatic rings.